The maximum atomic E-state index is 10.9. The Kier molecular flexibility index (Phi) is 5.31. The van der Waals surface area contributed by atoms with Crippen molar-refractivity contribution in [2.75, 3.05) is 26.1 Å². The van der Waals surface area contributed by atoms with Gasteiger partial charge in [0.15, 0.2) is 0 Å². The first-order valence-electron chi connectivity index (χ1n) is 5.57. The number of methoxy groups -OCH3 is 2. The third-order valence-electron chi connectivity index (χ3n) is 2.46. The Morgan fingerprint density at radius 2 is 2.22 bits per heavy atom. The molecule has 100 valence electrons. The molecule has 1 aromatic rings. The van der Waals surface area contributed by atoms with Crippen LogP contribution < -0.4 is 10.1 Å². The van der Waals surface area contributed by atoms with Gasteiger partial charge in [0.2, 0.25) is 11.7 Å². The van der Waals surface area contributed by atoms with Crippen LogP contribution in [0.4, 0.5) is 11.5 Å². The van der Waals surface area contributed by atoms with Crippen molar-refractivity contribution in [3.8, 4) is 5.88 Å². The van der Waals surface area contributed by atoms with Crippen LogP contribution in [0.2, 0.25) is 0 Å². The van der Waals surface area contributed by atoms with E-state index in [0.717, 1.165) is 6.42 Å². The quantitative estimate of drug-likeness (QED) is 0.591. The highest BCUT2D eigenvalue weighted by molar-refractivity contribution is 5.57. The van der Waals surface area contributed by atoms with E-state index in [0.29, 0.717) is 12.5 Å². The summed E-state index contributed by atoms with van der Waals surface area (Å²) in [4.78, 5) is 14.5. The molecule has 0 aromatic carbocycles. The number of aromatic nitrogens is 1. The fourth-order valence-electron chi connectivity index (χ4n) is 1.46. The number of rotatable bonds is 7. The zero-order valence-corrected chi connectivity index (χ0v) is 10.7. The van der Waals surface area contributed by atoms with E-state index in [1.54, 1.807) is 7.11 Å². The van der Waals surface area contributed by atoms with Crippen LogP contribution in [0.25, 0.3) is 0 Å². The molecule has 0 bridgehead atoms. The number of nitro groups is 1. The van der Waals surface area contributed by atoms with Gasteiger partial charge in [-0.3, -0.25) is 10.1 Å². The molecule has 1 N–H and O–H groups in total. The fourth-order valence-corrected chi connectivity index (χ4v) is 1.46. The number of anilines is 1. The minimum absolute atomic E-state index is 0.0340. The molecule has 0 aliphatic carbocycles. The highest BCUT2D eigenvalue weighted by Crippen LogP contribution is 2.25. The first-order valence-corrected chi connectivity index (χ1v) is 5.57. The molecule has 0 saturated heterocycles. The zero-order valence-electron chi connectivity index (χ0n) is 10.7. The highest BCUT2D eigenvalue weighted by Gasteiger charge is 2.19. The van der Waals surface area contributed by atoms with E-state index in [1.165, 1.54) is 19.2 Å². The monoisotopic (exact) mass is 255 g/mol. The van der Waals surface area contributed by atoms with Crippen LogP contribution in [-0.2, 0) is 4.74 Å². The molecule has 7 nitrogen and oxygen atoms in total. The number of pyridine rings is 1. The van der Waals surface area contributed by atoms with Gasteiger partial charge in [-0.15, -0.1) is 0 Å². The Balaban J connectivity index is 2.99. The van der Waals surface area contributed by atoms with E-state index in [-0.39, 0.29) is 17.5 Å². The number of hydrogen-bond donors (Lipinski definition) is 1. The van der Waals surface area contributed by atoms with Crippen molar-refractivity contribution in [2.45, 2.75) is 19.4 Å². The van der Waals surface area contributed by atoms with Crippen LogP contribution >= 0.6 is 0 Å². The lowest BCUT2D eigenvalue weighted by Gasteiger charge is -2.16. The van der Waals surface area contributed by atoms with Crippen molar-refractivity contribution in [2.24, 2.45) is 0 Å². The number of nitrogens with one attached hydrogen (secondary N) is 1. The summed E-state index contributed by atoms with van der Waals surface area (Å²) in [6.07, 6.45) is 0.768. The average Bonchev–Trinajstić information content (AvgIpc) is 2.37. The van der Waals surface area contributed by atoms with Gasteiger partial charge in [-0.25, -0.2) is 0 Å². The van der Waals surface area contributed by atoms with Crippen molar-refractivity contribution in [1.82, 2.24) is 4.98 Å². The van der Waals surface area contributed by atoms with Crippen molar-refractivity contribution < 1.29 is 14.4 Å². The molecule has 1 aromatic heterocycles. The summed E-state index contributed by atoms with van der Waals surface area (Å²) in [7, 11) is 3.04. The second-order valence-electron chi connectivity index (χ2n) is 3.68. The van der Waals surface area contributed by atoms with E-state index in [2.05, 4.69) is 10.3 Å². The Morgan fingerprint density at radius 1 is 1.50 bits per heavy atom. The van der Waals surface area contributed by atoms with Gasteiger partial charge in [0, 0.05) is 19.2 Å². The summed E-state index contributed by atoms with van der Waals surface area (Å²) >= 11 is 0. The van der Waals surface area contributed by atoms with Gasteiger partial charge in [0.25, 0.3) is 0 Å². The summed E-state index contributed by atoms with van der Waals surface area (Å²) in [5.74, 6) is 0.526. The summed E-state index contributed by atoms with van der Waals surface area (Å²) in [5, 5.41) is 13.9. The molecule has 0 aliphatic rings. The normalized spacial score (nSPS) is 11.9. The van der Waals surface area contributed by atoms with Crippen LogP contribution in [0.3, 0.4) is 0 Å². The highest BCUT2D eigenvalue weighted by atomic mass is 16.6. The lowest BCUT2D eigenvalue weighted by atomic mass is 10.2. The molecular weight excluding hydrogens is 238 g/mol. The average molecular weight is 255 g/mol. The first kappa shape index (κ1) is 14.2. The van der Waals surface area contributed by atoms with Crippen LogP contribution in [-0.4, -0.2) is 36.8 Å². The molecule has 0 saturated carbocycles. The fraction of sp³-hybridized carbons (Fsp3) is 0.545. The van der Waals surface area contributed by atoms with Crippen LogP contribution in [0.5, 0.6) is 5.88 Å². The second-order valence-corrected chi connectivity index (χ2v) is 3.68. The van der Waals surface area contributed by atoms with E-state index >= 15 is 0 Å². The molecule has 1 atom stereocenters. The van der Waals surface area contributed by atoms with Crippen molar-refractivity contribution in [3.05, 3.63) is 22.2 Å². The lowest BCUT2D eigenvalue weighted by Crippen LogP contribution is -2.25. The molecule has 0 radical (unpaired) electrons. The van der Waals surface area contributed by atoms with Crippen molar-refractivity contribution in [3.63, 3.8) is 0 Å². The lowest BCUT2D eigenvalue weighted by molar-refractivity contribution is -0.384. The third kappa shape index (κ3) is 3.56. The van der Waals surface area contributed by atoms with E-state index in [1.807, 2.05) is 6.92 Å². The van der Waals surface area contributed by atoms with Gasteiger partial charge in [-0.05, 0) is 6.42 Å². The zero-order chi connectivity index (χ0) is 13.5. The Hall–Kier alpha value is -1.89. The number of nitrogens with zero attached hydrogens (tertiary/aromatic N) is 2. The van der Waals surface area contributed by atoms with Gasteiger partial charge >= 0.3 is 5.69 Å². The van der Waals surface area contributed by atoms with E-state index in [9.17, 15) is 10.1 Å². The molecule has 0 aliphatic heterocycles. The van der Waals surface area contributed by atoms with Crippen LogP contribution in [0.1, 0.15) is 13.3 Å². The molecule has 1 heterocycles. The summed E-state index contributed by atoms with van der Waals surface area (Å²) in [6.45, 7) is 2.41. The molecule has 1 unspecified atom stereocenters. The van der Waals surface area contributed by atoms with E-state index in [4.69, 9.17) is 9.47 Å². The van der Waals surface area contributed by atoms with Crippen molar-refractivity contribution >= 4 is 11.5 Å². The van der Waals surface area contributed by atoms with E-state index < -0.39 is 4.92 Å². The number of hydrogen-bond acceptors (Lipinski definition) is 6. The third-order valence-corrected chi connectivity index (χ3v) is 2.46. The molecular formula is C11H17N3O4. The predicted molar refractivity (Wildman–Crippen MR) is 67.0 cm³/mol. The predicted octanol–water partition coefficient (Wildman–Crippen LogP) is 1.84. The summed E-state index contributed by atoms with van der Waals surface area (Å²) < 4.78 is 9.99. The standard InChI is InChI=1S/C11H17N3O4/c1-4-8(7-17-2)12-11-9(14(15)16)5-6-10(13-11)18-3/h5-6,8H,4,7H2,1-3H3,(H,12,13). The summed E-state index contributed by atoms with van der Waals surface area (Å²) in [6, 6.07) is 2.79. The minimum atomic E-state index is -0.478. The van der Waals surface area contributed by atoms with Crippen LogP contribution in [0, 0.1) is 10.1 Å². The topological polar surface area (TPSA) is 86.5 Å². The summed E-state index contributed by atoms with van der Waals surface area (Å²) in [5.41, 5.74) is -0.0784. The van der Waals surface area contributed by atoms with Crippen LogP contribution in [0.15, 0.2) is 12.1 Å². The van der Waals surface area contributed by atoms with Gasteiger partial charge in [-0.2, -0.15) is 4.98 Å². The molecule has 18 heavy (non-hydrogen) atoms. The molecule has 0 amide bonds. The maximum absolute atomic E-state index is 10.9. The SMILES string of the molecule is CCC(COC)Nc1nc(OC)ccc1[N+](=O)[O-]. The van der Waals surface area contributed by atoms with Gasteiger partial charge in [0.05, 0.1) is 24.7 Å². The Bertz CT molecular complexity index is 411. The smallest absolute Gasteiger partial charge is 0.311 e. The number of ether oxygens (including phenoxy) is 2. The molecule has 7 heteroatoms. The maximum Gasteiger partial charge on any atom is 0.311 e. The molecule has 0 fully saturated rings. The molecule has 0 spiro atoms. The largest absolute Gasteiger partial charge is 0.481 e. The van der Waals surface area contributed by atoms with Gasteiger partial charge < -0.3 is 14.8 Å². The minimum Gasteiger partial charge on any atom is -0.481 e. The van der Waals surface area contributed by atoms with Gasteiger partial charge in [0.1, 0.15) is 0 Å². The molecule has 1 rings (SSSR count). The second kappa shape index (κ2) is 6.75. The Morgan fingerprint density at radius 3 is 2.72 bits per heavy atom. The first-order chi connectivity index (χ1) is 8.62. The Labute approximate surface area is 105 Å². The van der Waals surface area contributed by atoms with Crippen molar-refractivity contribution in [1.29, 1.82) is 0 Å². The van der Waals surface area contributed by atoms with Gasteiger partial charge in [-0.1, -0.05) is 6.92 Å².